The van der Waals surface area contributed by atoms with E-state index in [-0.39, 0.29) is 0 Å². The smallest absolute Gasteiger partial charge is 0.332 e. The van der Waals surface area contributed by atoms with Crippen molar-refractivity contribution in [2.45, 2.75) is 50.6 Å². The molecule has 1 heterocycles. The molecule has 1 aliphatic rings. The molecule has 0 aromatic rings. The van der Waals surface area contributed by atoms with Gasteiger partial charge in [0.05, 0.1) is 6.61 Å². The summed E-state index contributed by atoms with van der Waals surface area (Å²) in [5, 5.41) is 40.0. The number of ether oxygens (including phenoxy) is 2. The molecule has 0 radical (unpaired) electrons. The summed E-state index contributed by atoms with van der Waals surface area (Å²) in [6.07, 6.45) is -6.57. The molecule has 1 rings (SSSR count). The number of carboxylic acid groups (broad SMARTS) is 1. The van der Waals surface area contributed by atoms with Crippen molar-refractivity contribution in [1.29, 1.82) is 0 Å². The van der Waals surface area contributed by atoms with Crippen molar-refractivity contribution in [3.8, 4) is 0 Å². The minimum atomic E-state index is -1.54. The summed E-state index contributed by atoms with van der Waals surface area (Å²) < 4.78 is 10.1. The lowest BCUT2D eigenvalue weighted by Gasteiger charge is -2.42. The monoisotopic (exact) mass is 293 g/mol. The Balaban J connectivity index is 2.92. The topological polar surface area (TPSA) is 146 Å². The van der Waals surface area contributed by atoms with Crippen LogP contribution in [-0.4, -0.2) is 75.7 Å². The van der Waals surface area contributed by atoms with Crippen LogP contribution in [0.3, 0.4) is 0 Å². The van der Waals surface area contributed by atoms with Crippen LogP contribution in [0.2, 0.25) is 0 Å². The highest BCUT2D eigenvalue weighted by Gasteiger charge is 2.46. The third-order valence-electron chi connectivity index (χ3n) is 2.95. The Bertz CT molecular complexity index is 362. The second-order valence-corrected chi connectivity index (χ2v) is 4.55. The standard InChI is InChI=1S/C11H19NO8/c1-4(10(16)17)19-9-7(12-5(2)14)11(18)20-6(3-13)8(9)15/h4,6-9,11,13,15,18H,3H2,1-2H3,(H,12,14)(H,16,17)/t4?,6?,7?,8-,9-,11-/m1/s1. The van der Waals surface area contributed by atoms with Gasteiger partial charge in [-0.25, -0.2) is 4.79 Å². The normalized spacial score (nSPS) is 35.4. The second kappa shape index (κ2) is 6.95. The number of hydrogen-bond donors (Lipinski definition) is 5. The van der Waals surface area contributed by atoms with Crippen LogP contribution in [0.5, 0.6) is 0 Å². The highest BCUT2D eigenvalue weighted by molar-refractivity contribution is 5.73. The third kappa shape index (κ3) is 3.87. The van der Waals surface area contributed by atoms with Crippen LogP contribution in [0.15, 0.2) is 0 Å². The molecule has 0 bridgehead atoms. The lowest BCUT2D eigenvalue weighted by molar-refractivity contribution is -0.267. The number of rotatable bonds is 5. The summed E-state index contributed by atoms with van der Waals surface area (Å²) in [5.41, 5.74) is 0. The van der Waals surface area contributed by atoms with Crippen molar-refractivity contribution >= 4 is 11.9 Å². The largest absolute Gasteiger partial charge is 0.479 e. The van der Waals surface area contributed by atoms with E-state index in [1.54, 1.807) is 0 Å². The number of hydrogen-bond acceptors (Lipinski definition) is 7. The quantitative estimate of drug-likeness (QED) is 0.371. The zero-order chi connectivity index (χ0) is 15.4. The summed E-state index contributed by atoms with van der Waals surface area (Å²) >= 11 is 0. The predicted molar refractivity (Wildman–Crippen MR) is 63.5 cm³/mol. The van der Waals surface area contributed by atoms with Gasteiger partial charge in [-0.05, 0) is 6.92 Å². The number of nitrogens with one attached hydrogen (secondary N) is 1. The van der Waals surface area contributed by atoms with Crippen molar-refractivity contribution in [2.24, 2.45) is 0 Å². The van der Waals surface area contributed by atoms with E-state index in [0.29, 0.717) is 0 Å². The fourth-order valence-electron chi connectivity index (χ4n) is 1.93. The van der Waals surface area contributed by atoms with Gasteiger partial charge < -0.3 is 35.2 Å². The van der Waals surface area contributed by atoms with Crippen LogP contribution in [0.1, 0.15) is 13.8 Å². The van der Waals surface area contributed by atoms with E-state index in [1.807, 2.05) is 0 Å². The van der Waals surface area contributed by atoms with Crippen molar-refractivity contribution in [2.75, 3.05) is 6.61 Å². The molecule has 0 spiro atoms. The van der Waals surface area contributed by atoms with Gasteiger partial charge in [0.1, 0.15) is 24.4 Å². The van der Waals surface area contributed by atoms with Crippen LogP contribution < -0.4 is 5.32 Å². The van der Waals surface area contributed by atoms with Crippen LogP contribution in [0.25, 0.3) is 0 Å². The molecule has 1 amide bonds. The molecule has 9 heteroatoms. The molecule has 0 aliphatic carbocycles. The molecule has 0 saturated carbocycles. The van der Waals surface area contributed by atoms with E-state index in [4.69, 9.17) is 19.7 Å². The Kier molecular flexibility index (Phi) is 5.84. The number of aliphatic carboxylic acids is 1. The fraction of sp³-hybridized carbons (Fsp3) is 0.818. The highest BCUT2D eigenvalue weighted by Crippen LogP contribution is 2.23. The maximum Gasteiger partial charge on any atom is 0.332 e. The first-order valence-corrected chi connectivity index (χ1v) is 6.05. The second-order valence-electron chi connectivity index (χ2n) is 4.55. The minimum Gasteiger partial charge on any atom is -0.479 e. The van der Waals surface area contributed by atoms with Crippen LogP contribution in [0.4, 0.5) is 0 Å². The predicted octanol–water partition coefficient (Wildman–Crippen LogP) is -2.58. The molecule has 9 nitrogen and oxygen atoms in total. The van der Waals surface area contributed by atoms with Gasteiger partial charge in [0.15, 0.2) is 12.4 Å². The van der Waals surface area contributed by atoms with Crippen LogP contribution >= 0.6 is 0 Å². The molecule has 6 atom stereocenters. The van der Waals surface area contributed by atoms with Crippen molar-refractivity contribution < 1.29 is 39.5 Å². The van der Waals surface area contributed by atoms with E-state index in [9.17, 15) is 19.8 Å². The molecule has 1 aliphatic heterocycles. The van der Waals surface area contributed by atoms with Crippen molar-refractivity contribution in [1.82, 2.24) is 5.32 Å². The number of aliphatic hydroxyl groups excluding tert-OH is 3. The average molecular weight is 293 g/mol. The lowest BCUT2D eigenvalue weighted by atomic mass is 9.96. The van der Waals surface area contributed by atoms with E-state index in [2.05, 4.69) is 5.32 Å². The maximum atomic E-state index is 11.1. The Labute approximate surface area is 115 Å². The van der Waals surface area contributed by atoms with Gasteiger partial charge >= 0.3 is 5.97 Å². The molecule has 3 unspecified atom stereocenters. The molecular formula is C11H19NO8. The summed E-state index contributed by atoms with van der Waals surface area (Å²) in [6, 6.07) is -1.15. The Morgan fingerprint density at radius 3 is 2.45 bits per heavy atom. The zero-order valence-electron chi connectivity index (χ0n) is 11.1. The Hall–Kier alpha value is -1.26. The van der Waals surface area contributed by atoms with E-state index < -0.39 is 55.2 Å². The summed E-state index contributed by atoms with van der Waals surface area (Å²) in [7, 11) is 0. The molecule has 1 saturated heterocycles. The van der Waals surface area contributed by atoms with Gasteiger partial charge in [0, 0.05) is 6.92 Å². The third-order valence-corrected chi connectivity index (χ3v) is 2.95. The first-order chi connectivity index (χ1) is 9.27. The average Bonchev–Trinajstić information content (AvgIpc) is 2.36. The maximum absolute atomic E-state index is 11.1. The van der Waals surface area contributed by atoms with Gasteiger partial charge in [-0.3, -0.25) is 4.79 Å². The Morgan fingerprint density at radius 2 is 2.00 bits per heavy atom. The fourth-order valence-corrected chi connectivity index (χ4v) is 1.93. The van der Waals surface area contributed by atoms with Crippen LogP contribution in [-0.2, 0) is 19.1 Å². The number of carbonyl (C=O) groups excluding carboxylic acids is 1. The molecular weight excluding hydrogens is 274 g/mol. The van der Waals surface area contributed by atoms with E-state index >= 15 is 0 Å². The Morgan fingerprint density at radius 1 is 1.40 bits per heavy atom. The van der Waals surface area contributed by atoms with Gasteiger partial charge in [-0.15, -0.1) is 0 Å². The first kappa shape index (κ1) is 16.8. The first-order valence-electron chi connectivity index (χ1n) is 6.05. The molecule has 20 heavy (non-hydrogen) atoms. The summed E-state index contributed by atoms with van der Waals surface area (Å²) in [4.78, 5) is 21.9. The minimum absolute atomic E-state index is 0.510. The summed E-state index contributed by atoms with van der Waals surface area (Å²) in [6.45, 7) is 1.84. The van der Waals surface area contributed by atoms with E-state index in [1.165, 1.54) is 13.8 Å². The lowest BCUT2D eigenvalue weighted by Crippen LogP contribution is -2.65. The van der Waals surface area contributed by atoms with Crippen molar-refractivity contribution in [3.05, 3.63) is 0 Å². The number of carboxylic acids is 1. The summed E-state index contributed by atoms with van der Waals surface area (Å²) in [5.74, 6) is -1.77. The zero-order valence-corrected chi connectivity index (χ0v) is 11.1. The number of carbonyl (C=O) groups is 2. The van der Waals surface area contributed by atoms with Crippen LogP contribution in [0, 0.1) is 0 Å². The van der Waals surface area contributed by atoms with Gasteiger partial charge in [-0.2, -0.15) is 0 Å². The van der Waals surface area contributed by atoms with E-state index in [0.717, 1.165) is 0 Å². The SMILES string of the molecule is CC(=O)NC1[C@H](O)OC(CO)[C@@H](O)[C@@H]1OC(C)C(=O)O. The highest BCUT2D eigenvalue weighted by atomic mass is 16.6. The van der Waals surface area contributed by atoms with Gasteiger partial charge in [0.25, 0.3) is 0 Å². The number of amides is 1. The van der Waals surface area contributed by atoms with Gasteiger partial charge in [0.2, 0.25) is 5.91 Å². The molecule has 5 N–H and O–H groups in total. The van der Waals surface area contributed by atoms with Crippen molar-refractivity contribution in [3.63, 3.8) is 0 Å². The molecule has 116 valence electrons. The van der Waals surface area contributed by atoms with Gasteiger partial charge in [-0.1, -0.05) is 0 Å². The number of aliphatic hydroxyl groups is 3. The molecule has 0 aromatic carbocycles. The molecule has 0 aromatic heterocycles. The molecule has 1 fully saturated rings.